The molecule has 0 unspecified atom stereocenters. The van der Waals surface area contributed by atoms with Crippen LogP contribution in [0.3, 0.4) is 0 Å². The summed E-state index contributed by atoms with van der Waals surface area (Å²) in [6.07, 6.45) is 0. The van der Waals surface area contributed by atoms with Crippen molar-refractivity contribution in [2.45, 2.75) is 13.5 Å². The minimum absolute atomic E-state index is 0.265. The summed E-state index contributed by atoms with van der Waals surface area (Å²) in [6.45, 7) is 2.04. The van der Waals surface area contributed by atoms with E-state index in [0.29, 0.717) is 16.5 Å². The first-order chi connectivity index (χ1) is 7.65. The first-order valence-electron chi connectivity index (χ1n) is 4.63. The summed E-state index contributed by atoms with van der Waals surface area (Å²) in [5, 5.41) is 3.55. The van der Waals surface area contributed by atoms with Gasteiger partial charge in [-0.3, -0.25) is 0 Å². The third-order valence-corrected chi connectivity index (χ3v) is 2.74. The van der Waals surface area contributed by atoms with E-state index in [1.54, 1.807) is 6.92 Å². The average Bonchev–Trinajstić information content (AvgIpc) is 2.63. The van der Waals surface area contributed by atoms with E-state index < -0.39 is 11.6 Å². The number of rotatable bonds is 3. The molecule has 0 atom stereocenters. The molecule has 1 heterocycles. The Morgan fingerprint density at radius 3 is 2.81 bits per heavy atom. The summed E-state index contributed by atoms with van der Waals surface area (Å²) in [4.78, 5) is 4.07. The normalized spacial score (nSPS) is 10.4. The molecule has 0 aliphatic heterocycles. The van der Waals surface area contributed by atoms with Gasteiger partial charge in [0.1, 0.15) is 17.5 Å². The van der Waals surface area contributed by atoms with Crippen LogP contribution in [0, 0.1) is 18.6 Å². The molecular weight excluding hydrogens is 232 g/mol. The number of halogens is 2. The minimum atomic E-state index is -0.576. The van der Waals surface area contributed by atoms with E-state index >= 15 is 0 Å². The van der Waals surface area contributed by atoms with Crippen molar-refractivity contribution in [2.24, 2.45) is 0 Å². The minimum Gasteiger partial charge on any atom is -0.356 e. The van der Waals surface area contributed by atoms with Crippen molar-refractivity contribution in [3.8, 4) is 0 Å². The van der Waals surface area contributed by atoms with Gasteiger partial charge in [-0.25, -0.2) is 13.8 Å². The smallest absolute Gasteiger partial charge is 0.202 e. The fraction of sp³-hybridized carbons (Fsp3) is 0.200. The topological polar surface area (TPSA) is 37.8 Å². The number of hydrogen-bond acceptors (Lipinski definition) is 4. The zero-order valence-electron chi connectivity index (χ0n) is 8.50. The molecule has 0 radical (unpaired) electrons. The standard InChI is InChI=1S/C10H9F2N3S/c1-6-14-10(16-15-6)13-5-7-2-3-8(11)4-9(7)12/h2-4H,5H2,1H3,(H,13,14,15). The third kappa shape index (κ3) is 2.52. The van der Waals surface area contributed by atoms with E-state index in [0.717, 1.165) is 6.07 Å². The van der Waals surface area contributed by atoms with Gasteiger partial charge in [0.05, 0.1) is 0 Å². The molecule has 16 heavy (non-hydrogen) atoms. The third-order valence-electron chi connectivity index (χ3n) is 1.97. The number of aromatic nitrogens is 2. The maximum absolute atomic E-state index is 13.2. The number of benzene rings is 1. The molecule has 2 aromatic rings. The van der Waals surface area contributed by atoms with Gasteiger partial charge in [-0.05, 0) is 13.0 Å². The van der Waals surface area contributed by atoms with Gasteiger partial charge < -0.3 is 5.32 Å². The monoisotopic (exact) mass is 241 g/mol. The molecule has 0 saturated heterocycles. The Balaban J connectivity index is 2.04. The summed E-state index contributed by atoms with van der Waals surface area (Å²) < 4.78 is 29.9. The lowest BCUT2D eigenvalue weighted by Gasteiger charge is -2.03. The highest BCUT2D eigenvalue weighted by atomic mass is 32.1. The van der Waals surface area contributed by atoms with Gasteiger partial charge in [0.15, 0.2) is 0 Å². The molecule has 1 aromatic carbocycles. The Labute approximate surface area is 95.3 Å². The quantitative estimate of drug-likeness (QED) is 0.897. The van der Waals surface area contributed by atoms with Crippen LogP contribution in [0.15, 0.2) is 18.2 Å². The Kier molecular flexibility index (Phi) is 3.09. The lowest BCUT2D eigenvalue weighted by atomic mass is 10.2. The molecule has 1 aromatic heterocycles. The SMILES string of the molecule is Cc1nsc(NCc2ccc(F)cc2F)n1. The lowest BCUT2D eigenvalue weighted by Crippen LogP contribution is -2.01. The van der Waals surface area contributed by atoms with Crippen molar-refractivity contribution in [1.82, 2.24) is 9.36 Å². The second kappa shape index (κ2) is 4.52. The Morgan fingerprint density at radius 2 is 2.19 bits per heavy atom. The predicted molar refractivity (Wildman–Crippen MR) is 58.3 cm³/mol. The first kappa shape index (κ1) is 10.9. The summed E-state index contributed by atoms with van der Waals surface area (Å²) in [7, 11) is 0. The molecule has 84 valence electrons. The number of nitrogens with zero attached hydrogens (tertiary/aromatic N) is 2. The molecule has 2 rings (SSSR count). The highest BCUT2D eigenvalue weighted by Crippen LogP contribution is 2.14. The molecule has 0 aliphatic rings. The first-order valence-corrected chi connectivity index (χ1v) is 5.40. The van der Waals surface area contributed by atoms with Crippen LogP contribution in [0.2, 0.25) is 0 Å². The second-order valence-corrected chi connectivity index (χ2v) is 3.99. The lowest BCUT2D eigenvalue weighted by molar-refractivity contribution is 0.574. The predicted octanol–water partition coefficient (Wildman–Crippen LogP) is 2.74. The number of nitrogens with one attached hydrogen (secondary N) is 1. The van der Waals surface area contributed by atoms with E-state index in [1.807, 2.05) is 0 Å². The zero-order chi connectivity index (χ0) is 11.5. The zero-order valence-corrected chi connectivity index (χ0v) is 9.31. The van der Waals surface area contributed by atoms with E-state index in [9.17, 15) is 8.78 Å². The van der Waals surface area contributed by atoms with E-state index in [1.165, 1.54) is 23.7 Å². The van der Waals surface area contributed by atoms with Crippen LogP contribution in [0.5, 0.6) is 0 Å². The van der Waals surface area contributed by atoms with Crippen LogP contribution in [0.25, 0.3) is 0 Å². The summed E-state index contributed by atoms with van der Waals surface area (Å²) >= 11 is 1.21. The Hall–Kier alpha value is -1.56. The van der Waals surface area contributed by atoms with Gasteiger partial charge in [-0.1, -0.05) is 6.07 Å². The molecular formula is C10H9F2N3S. The van der Waals surface area contributed by atoms with Gasteiger partial charge >= 0.3 is 0 Å². The van der Waals surface area contributed by atoms with Gasteiger partial charge in [-0.2, -0.15) is 4.37 Å². The Morgan fingerprint density at radius 1 is 1.38 bits per heavy atom. The van der Waals surface area contributed by atoms with Crippen molar-refractivity contribution in [3.05, 3.63) is 41.2 Å². The van der Waals surface area contributed by atoms with Gasteiger partial charge in [0, 0.05) is 29.7 Å². The van der Waals surface area contributed by atoms with E-state index in [2.05, 4.69) is 14.7 Å². The van der Waals surface area contributed by atoms with Crippen molar-refractivity contribution in [3.63, 3.8) is 0 Å². The summed E-state index contributed by atoms with van der Waals surface area (Å²) in [6, 6.07) is 3.50. The van der Waals surface area contributed by atoms with Crippen LogP contribution in [0.4, 0.5) is 13.9 Å². The van der Waals surface area contributed by atoms with Gasteiger partial charge in [-0.15, -0.1) is 0 Å². The average molecular weight is 241 g/mol. The molecule has 1 N–H and O–H groups in total. The number of hydrogen-bond donors (Lipinski definition) is 1. The Bertz CT molecular complexity index is 499. The van der Waals surface area contributed by atoms with E-state index in [-0.39, 0.29) is 6.54 Å². The van der Waals surface area contributed by atoms with Crippen molar-refractivity contribution < 1.29 is 8.78 Å². The van der Waals surface area contributed by atoms with E-state index in [4.69, 9.17) is 0 Å². The van der Waals surface area contributed by atoms with Crippen molar-refractivity contribution in [1.29, 1.82) is 0 Å². The number of aryl methyl sites for hydroxylation is 1. The van der Waals surface area contributed by atoms with Crippen molar-refractivity contribution >= 4 is 16.7 Å². The van der Waals surface area contributed by atoms with Crippen LogP contribution in [-0.2, 0) is 6.54 Å². The molecule has 0 spiro atoms. The maximum atomic E-state index is 13.2. The van der Waals surface area contributed by atoms with Crippen LogP contribution >= 0.6 is 11.5 Å². The molecule has 0 amide bonds. The van der Waals surface area contributed by atoms with Crippen LogP contribution in [0.1, 0.15) is 11.4 Å². The summed E-state index contributed by atoms with van der Waals surface area (Å²) in [5.74, 6) is -0.464. The van der Waals surface area contributed by atoms with Gasteiger partial charge in [0.2, 0.25) is 5.13 Å². The molecule has 0 bridgehead atoms. The fourth-order valence-electron chi connectivity index (χ4n) is 1.20. The highest BCUT2D eigenvalue weighted by Gasteiger charge is 2.05. The second-order valence-electron chi connectivity index (χ2n) is 3.24. The molecule has 0 saturated carbocycles. The van der Waals surface area contributed by atoms with Gasteiger partial charge in [0.25, 0.3) is 0 Å². The largest absolute Gasteiger partial charge is 0.356 e. The summed E-state index contributed by atoms with van der Waals surface area (Å²) in [5.41, 5.74) is 0.397. The highest BCUT2D eigenvalue weighted by molar-refractivity contribution is 7.09. The molecule has 0 aliphatic carbocycles. The van der Waals surface area contributed by atoms with Crippen LogP contribution in [-0.4, -0.2) is 9.36 Å². The van der Waals surface area contributed by atoms with Crippen LogP contribution < -0.4 is 5.32 Å². The molecule has 6 heteroatoms. The number of anilines is 1. The maximum Gasteiger partial charge on any atom is 0.202 e. The molecule has 0 fully saturated rings. The van der Waals surface area contributed by atoms with Crippen molar-refractivity contribution in [2.75, 3.05) is 5.32 Å². The fourth-order valence-corrected chi connectivity index (χ4v) is 1.77. The molecule has 3 nitrogen and oxygen atoms in total.